The van der Waals surface area contributed by atoms with Gasteiger partial charge in [0.15, 0.2) is 0 Å². The highest BCUT2D eigenvalue weighted by molar-refractivity contribution is 6.42. The number of benzene rings is 1. The zero-order chi connectivity index (χ0) is 15.1. The van der Waals surface area contributed by atoms with Crippen molar-refractivity contribution >= 4 is 29.3 Å². The number of aromatic hydroxyl groups is 1. The zero-order valence-corrected chi connectivity index (χ0v) is 12.8. The van der Waals surface area contributed by atoms with Crippen molar-refractivity contribution in [2.45, 2.75) is 30.9 Å². The van der Waals surface area contributed by atoms with Gasteiger partial charge in [-0.15, -0.1) is 0 Å². The Balaban J connectivity index is 1.88. The number of phenolic OH excluding ortho intramolecular Hbond substituents is 1. The number of carbonyl (C=O) groups excluding carboxylic acids is 1. The van der Waals surface area contributed by atoms with Crippen molar-refractivity contribution in [2.24, 2.45) is 5.73 Å². The monoisotopic (exact) mass is 330 g/mol. The van der Waals surface area contributed by atoms with Crippen molar-refractivity contribution in [1.29, 1.82) is 0 Å². The Bertz CT molecular complexity index is 582. The topological polar surface area (TPSA) is 75.8 Å². The van der Waals surface area contributed by atoms with Gasteiger partial charge in [0.25, 0.3) is 0 Å². The number of hydrogen-bond acceptors (Lipinski definition) is 4. The lowest BCUT2D eigenvalue weighted by Crippen LogP contribution is -2.31. The fourth-order valence-electron chi connectivity index (χ4n) is 3.27. The van der Waals surface area contributed by atoms with Gasteiger partial charge in [0.2, 0.25) is 0 Å². The van der Waals surface area contributed by atoms with E-state index < -0.39 is 0 Å². The number of hydrogen-bond donors (Lipinski definition) is 2. The zero-order valence-electron chi connectivity index (χ0n) is 11.3. The number of fused-ring (bicyclic) bond motifs is 1. The van der Waals surface area contributed by atoms with E-state index in [-0.39, 0.29) is 29.9 Å². The molecule has 1 amide bonds. The molecule has 1 aromatic rings. The molecule has 1 aromatic carbocycles. The number of rotatable bonds is 3. The SMILES string of the molecule is NCC[C@@H]1OC(=O)N2C[C@@H](c3c(O)ccc(Cl)c3Cl)C[C@@H]12. The molecule has 2 saturated heterocycles. The molecule has 114 valence electrons. The van der Waals surface area contributed by atoms with Crippen LogP contribution in [-0.2, 0) is 4.74 Å². The highest BCUT2D eigenvalue weighted by Gasteiger charge is 2.48. The first-order valence-electron chi connectivity index (χ1n) is 6.87. The van der Waals surface area contributed by atoms with E-state index in [0.717, 1.165) is 0 Å². The van der Waals surface area contributed by atoms with Gasteiger partial charge in [0.05, 0.1) is 16.1 Å². The third-order valence-corrected chi connectivity index (χ3v) is 5.05. The van der Waals surface area contributed by atoms with Gasteiger partial charge in [-0.2, -0.15) is 0 Å². The first kappa shape index (κ1) is 14.8. The Morgan fingerprint density at radius 3 is 2.90 bits per heavy atom. The van der Waals surface area contributed by atoms with Gasteiger partial charge in [-0.1, -0.05) is 23.2 Å². The maximum absolute atomic E-state index is 11.9. The van der Waals surface area contributed by atoms with Crippen LogP contribution < -0.4 is 5.73 Å². The molecule has 0 unspecified atom stereocenters. The van der Waals surface area contributed by atoms with Crippen molar-refractivity contribution in [1.82, 2.24) is 4.90 Å². The Kier molecular flexibility index (Phi) is 3.90. The Morgan fingerprint density at radius 2 is 2.19 bits per heavy atom. The summed E-state index contributed by atoms with van der Waals surface area (Å²) in [4.78, 5) is 13.6. The number of nitrogens with zero attached hydrogens (tertiary/aromatic N) is 1. The molecule has 2 aliphatic heterocycles. The van der Waals surface area contributed by atoms with E-state index in [9.17, 15) is 9.90 Å². The Labute approximate surface area is 132 Å². The van der Waals surface area contributed by atoms with Crippen molar-refractivity contribution in [3.63, 3.8) is 0 Å². The molecule has 0 saturated carbocycles. The fraction of sp³-hybridized carbons (Fsp3) is 0.500. The Morgan fingerprint density at radius 1 is 1.43 bits per heavy atom. The molecular weight excluding hydrogens is 315 g/mol. The molecule has 0 aliphatic carbocycles. The van der Waals surface area contributed by atoms with Crippen molar-refractivity contribution in [2.75, 3.05) is 13.1 Å². The lowest BCUT2D eigenvalue weighted by Gasteiger charge is -2.17. The van der Waals surface area contributed by atoms with Crippen LogP contribution >= 0.6 is 23.2 Å². The van der Waals surface area contributed by atoms with E-state index in [1.165, 1.54) is 6.07 Å². The molecule has 2 heterocycles. The molecule has 3 N–H and O–H groups in total. The smallest absolute Gasteiger partial charge is 0.410 e. The van der Waals surface area contributed by atoms with Gasteiger partial charge in [-0.3, -0.25) is 0 Å². The summed E-state index contributed by atoms with van der Waals surface area (Å²) in [6.45, 7) is 0.939. The minimum absolute atomic E-state index is 0.0134. The summed E-state index contributed by atoms with van der Waals surface area (Å²) in [5, 5.41) is 10.8. The molecule has 3 atom stereocenters. The predicted molar refractivity (Wildman–Crippen MR) is 79.9 cm³/mol. The van der Waals surface area contributed by atoms with Gasteiger partial charge in [0, 0.05) is 18.0 Å². The average Bonchev–Trinajstić information content (AvgIpc) is 2.98. The maximum Gasteiger partial charge on any atom is 0.410 e. The molecule has 0 radical (unpaired) electrons. The minimum Gasteiger partial charge on any atom is -0.508 e. The third-order valence-electron chi connectivity index (χ3n) is 4.23. The van der Waals surface area contributed by atoms with Crippen LogP contribution in [0, 0.1) is 0 Å². The lowest BCUT2D eigenvalue weighted by atomic mass is 9.93. The van der Waals surface area contributed by atoms with Gasteiger partial charge >= 0.3 is 6.09 Å². The first-order chi connectivity index (χ1) is 10.0. The van der Waals surface area contributed by atoms with E-state index >= 15 is 0 Å². The number of amides is 1. The molecule has 2 aliphatic rings. The van der Waals surface area contributed by atoms with Crippen molar-refractivity contribution in [3.05, 3.63) is 27.7 Å². The summed E-state index contributed by atoms with van der Waals surface area (Å²) in [5.41, 5.74) is 6.17. The molecule has 0 spiro atoms. The second-order valence-electron chi connectivity index (χ2n) is 5.45. The van der Waals surface area contributed by atoms with Gasteiger partial charge < -0.3 is 20.5 Å². The van der Waals surface area contributed by atoms with Crippen LogP contribution in [0.4, 0.5) is 4.79 Å². The molecule has 5 nitrogen and oxygen atoms in total. The fourth-order valence-corrected chi connectivity index (χ4v) is 3.75. The predicted octanol–water partition coefficient (Wildman–Crippen LogP) is 2.72. The van der Waals surface area contributed by atoms with Crippen LogP contribution in [-0.4, -0.2) is 41.3 Å². The van der Waals surface area contributed by atoms with Gasteiger partial charge in [-0.05, 0) is 31.5 Å². The first-order valence-corrected chi connectivity index (χ1v) is 7.62. The number of halogens is 2. The third kappa shape index (κ3) is 2.43. The van der Waals surface area contributed by atoms with E-state index in [1.54, 1.807) is 11.0 Å². The second-order valence-corrected chi connectivity index (χ2v) is 6.23. The quantitative estimate of drug-likeness (QED) is 0.893. The molecule has 3 rings (SSSR count). The summed E-state index contributed by atoms with van der Waals surface area (Å²) in [6.07, 6.45) is 0.810. The molecule has 0 bridgehead atoms. The highest BCUT2D eigenvalue weighted by atomic mass is 35.5. The van der Waals surface area contributed by atoms with Crippen LogP contribution in [0.2, 0.25) is 10.0 Å². The number of carbonyl (C=O) groups is 1. The number of nitrogens with two attached hydrogens (primary N) is 1. The van der Waals surface area contributed by atoms with Crippen LogP contribution in [0.5, 0.6) is 5.75 Å². The largest absolute Gasteiger partial charge is 0.508 e. The minimum atomic E-state index is -0.321. The molecule has 21 heavy (non-hydrogen) atoms. The van der Waals surface area contributed by atoms with Crippen LogP contribution in [0.15, 0.2) is 12.1 Å². The van der Waals surface area contributed by atoms with E-state index in [0.29, 0.717) is 41.5 Å². The molecular formula is C14H16Cl2N2O3. The second kappa shape index (κ2) is 5.55. The summed E-state index contributed by atoms with van der Waals surface area (Å²) >= 11 is 12.2. The number of phenols is 1. The molecule has 2 fully saturated rings. The lowest BCUT2D eigenvalue weighted by molar-refractivity contribution is 0.122. The molecule has 0 aromatic heterocycles. The highest BCUT2D eigenvalue weighted by Crippen LogP contribution is 2.45. The number of ether oxygens (including phenoxy) is 1. The van der Waals surface area contributed by atoms with Crippen molar-refractivity contribution < 1.29 is 14.6 Å². The maximum atomic E-state index is 11.9. The normalized spacial score (nSPS) is 27.9. The summed E-state index contributed by atoms with van der Waals surface area (Å²) < 4.78 is 5.32. The van der Waals surface area contributed by atoms with Crippen LogP contribution in [0.25, 0.3) is 0 Å². The standard InChI is InChI=1S/C14H16Cl2N2O3/c15-8-1-2-10(19)12(13(8)16)7-5-9-11(3-4-17)21-14(20)18(9)6-7/h1-2,7,9,11,19H,3-6,17H2/t7-,9-,11-/m0/s1. The summed E-state index contributed by atoms with van der Waals surface area (Å²) in [7, 11) is 0. The van der Waals surface area contributed by atoms with E-state index in [2.05, 4.69) is 0 Å². The van der Waals surface area contributed by atoms with E-state index in [4.69, 9.17) is 33.7 Å². The summed E-state index contributed by atoms with van der Waals surface area (Å²) in [5.74, 6) is 0.0636. The van der Waals surface area contributed by atoms with Crippen molar-refractivity contribution in [3.8, 4) is 5.75 Å². The van der Waals surface area contributed by atoms with Crippen LogP contribution in [0.1, 0.15) is 24.3 Å². The van der Waals surface area contributed by atoms with Gasteiger partial charge in [0.1, 0.15) is 11.9 Å². The summed E-state index contributed by atoms with van der Waals surface area (Å²) in [6, 6.07) is 3.08. The Hall–Kier alpha value is -1.17. The average molecular weight is 331 g/mol. The van der Waals surface area contributed by atoms with Crippen LogP contribution in [0.3, 0.4) is 0 Å². The van der Waals surface area contributed by atoms with E-state index in [1.807, 2.05) is 0 Å². The molecule has 7 heteroatoms. The van der Waals surface area contributed by atoms with Gasteiger partial charge in [-0.25, -0.2) is 4.79 Å². The number of cyclic esters (lactones) is 1.